The number of hydrogen-bond donors (Lipinski definition) is 2. The summed E-state index contributed by atoms with van der Waals surface area (Å²) in [5.41, 5.74) is 0.178. The van der Waals surface area contributed by atoms with Crippen molar-refractivity contribution in [1.29, 1.82) is 0 Å². The Morgan fingerprint density at radius 1 is 1.04 bits per heavy atom. The molecule has 8 nitrogen and oxygen atoms in total. The van der Waals surface area contributed by atoms with Gasteiger partial charge in [0.15, 0.2) is 5.82 Å². The maximum absolute atomic E-state index is 17.0. The average molecular weight is 681 g/mol. The van der Waals surface area contributed by atoms with Crippen molar-refractivity contribution in [2.75, 3.05) is 57.3 Å². The molecule has 4 heterocycles. The number of alkyl halides is 3. The van der Waals surface area contributed by atoms with E-state index in [2.05, 4.69) is 21.1 Å². The number of hydrogen-bond acceptors (Lipinski definition) is 8. The molecule has 3 fully saturated rings. The fraction of sp³-hybridized carbons (Fsp3) is 0.472. The van der Waals surface area contributed by atoms with Crippen molar-refractivity contribution < 1.29 is 31.8 Å². The van der Waals surface area contributed by atoms with Crippen molar-refractivity contribution in [3.05, 3.63) is 47.2 Å². The molecule has 0 bridgehead atoms. The predicted octanol–water partition coefficient (Wildman–Crippen LogP) is 6.22. The molecule has 2 aromatic carbocycles. The number of anilines is 1. The summed E-state index contributed by atoms with van der Waals surface area (Å²) in [6, 6.07) is 5.41. The number of halogens is 5. The largest absolute Gasteiger partial charge is 0.508 e. The fourth-order valence-corrected chi connectivity index (χ4v) is 7.20. The van der Waals surface area contributed by atoms with Crippen LogP contribution >= 0.6 is 0 Å². The summed E-state index contributed by atoms with van der Waals surface area (Å²) in [5, 5.41) is 15.0. The van der Waals surface area contributed by atoms with Crippen molar-refractivity contribution in [2.45, 2.75) is 45.2 Å². The summed E-state index contributed by atoms with van der Waals surface area (Å²) in [6.07, 6.45) is 3.81. The minimum atomic E-state index is -4.17. The topological polar surface area (TPSA) is 86.6 Å². The van der Waals surface area contributed by atoms with Crippen molar-refractivity contribution in [3.63, 3.8) is 0 Å². The number of likely N-dealkylation sites (tertiary alicyclic amines) is 1. The molecule has 49 heavy (non-hydrogen) atoms. The number of aryl methyl sites for hydroxylation is 1. The van der Waals surface area contributed by atoms with Crippen molar-refractivity contribution in [1.82, 2.24) is 25.2 Å². The van der Waals surface area contributed by atoms with E-state index in [9.17, 15) is 22.7 Å². The lowest BCUT2D eigenvalue weighted by molar-refractivity contribution is -0.185. The minimum absolute atomic E-state index is 0.0164. The Balaban J connectivity index is 1.28. The molecule has 2 aromatic heterocycles. The van der Waals surface area contributed by atoms with Gasteiger partial charge in [-0.3, -0.25) is 0 Å². The van der Waals surface area contributed by atoms with Crippen LogP contribution in [0.5, 0.6) is 11.8 Å². The summed E-state index contributed by atoms with van der Waals surface area (Å²) in [6.45, 7) is 6.09. The standard InChI is InChI=1S/C36H37F5N6O2/c1-3-24-26(37)6-5-21-17-23(48)18-25(28(21)24)31-30(38)32-29(27(4-2)43-31)33(47-15-11-42-12-16-47)45-34(44-32)49-20-35(9-10-35)19-46-13-7-22(8-14-46)36(39,40)41/h1,5-6,17-18,22,42,48H,4,7-16,19-20H2,2H3. The summed E-state index contributed by atoms with van der Waals surface area (Å²) in [7, 11) is 0. The normalized spacial score (nSPS) is 18.6. The molecule has 7 rings (SSSR count). The number of piperidine rings is 1. The molecule has 3 aliphatic rings. The molecule has 4 aromatic rings. The lowest BCUT2D eigenvalue weighted by atomic mass is 9.95. The van der Waals surface area contributed by atoms with Crippen molar-refractivity contribution in [2.24, 2.45) is 11.3 Å². The number of nitrogens with zero attached hydrogens (tertiary/aromatic N) is 5. The smallest absolute Gasteiger partial charge is 0.391 e. The minimum Gasteiger partial charge on any atom is -0.508 e. The molecule has 1 aliphatic carbocycles. The van der Waals surface area contributed by atoms with Gasteiger partial charge in [0.1, 0.15) is 28.6 Å². The van der Waals surface area contributed by atoms with Crippen LogP contribution in [0.25, 0.3) is 32.9 Å². The highest BCUT2D eigenvalue weighted by Crippen LogP contribution is 2.48. The number of piperazine rings is 1. The fourth-order valence-electron chi connectivity index (χ4n) is 7.20. The molecule has 13 heteroatoms. The van der Waals surface area contributed by atoms with Gasteiger partial charge in [0, 0.05) is 49.1 Å². The van der Waals surface area contributed by atoms with Crippen molar-refractivity contribution >= 4 is 27.5 Å². The van der Waals surface area contributed by atoms with Gasteiger partial charge >= 0.3 is 12.2 Å². The molecule has 0 unspecified atom stereocenters. The first-order valence-electron chi connectivity index (χ1n) is 16.7. The zero-order valence-electron chi connectivity index (χ0n) is 27.1. The Kier molecular flexibility index (Phi) is 8.73. The number of ether oxygens (including phenoxy) is 1. The van der Waals surface area contributed by atoms with Crippen LogP contribution in [-0.4, -0.2) is 83.6 Å². The number of aromatic nitrogens is 3. The summed E-state index contributed by atoms with van der Waals surface area (Å²) < 4.78 is 77.7. The summed E-state index contributed by atoms with van der Waals surface area (Å²) >= 11 is 0. The van der Waals surface area contributed by atoms with Crippen LogP contribution < -0.4 is 15.0 Å². The number of pyridine rings is 1. The van der Waals surface area contributed by atoms with E-state index in [1.165, 1.54) is 24.3 Å². The third-order valence-corrected chi connectivity index (χ3v) is 10.1. The number of aromatic hydroxyl groups is 1. The molecule has 1 saturated carbocycles. The summed E-state index contributed by atoms with van der Waals surface area (Å²) in [5.74, 6) is -0.00867. The highest BCUT2D eigenvalue weighted by atomic mass is 19.4. The number of benzene rings is 2. The monoisotopic (exact) mass is 680 g/mol. The predicted molar refractivity (Wildman–Crippen MR) is 177 cm³/mol. The van der Waals surface area contributed by atoms with E-state index in [0.717, 1.165) is 12.8 Å². The Morgan fingerprint density at radius 3 is 2.43 bits per heavy atom. The van der Waals surface area contributed by atoms with Gasteiger partial charge in [-0.2, -0.15) is 23.1 Å². The van der Waals surface area contributed by atoms with Crippen LogP contribution in [0.1, 0.15) is 43.9 Å². The molecule has 0 amide bonds. The lowest BCUT2D eigenvalue weighted by Gasteiger charge is -2.35. The van der Waals surface area contributed by atoms with Gasteiger partial charge in [-0.25, -0.2) is 13.8 Å². The average Bonchev–Trinajstić information content (AvgIpc) is 3.86. The Labute approximate surface area is 280 Å². The number of terminal acetylenes is 1. The maximum atomic E-state index is 17.0. The van der Waals surface area contributed by atoms with Crippen LogP contribution in [0, 0.1) is 35.3 Å². The number of phenolic OH excluding ortho intramolecular Hbond substituents is 1. The van der Waals surface area contributed by atoms with E-state index in [4.69, 9.17) is 21.1 Å². The van der Waals surface area contributed by atoms with Gasteiger partial charge in [0.05, 0.1) is 29.2 Å². The molecule has 0 spiro atoms. The third kappa shape index (κ3) is 6.44. The number of nitrogens with one attached hydrogen (secondary N) is 1. The second kappa shape index (κ2) is 12.9. The third-order valence-electron chi connectivity index (χ3n) is 10.1. The van der Waals surface area contributed by atoms with Gasteiger partial charge in [-0.1, -0.05) is 18.9 Å². The molecule has 2 N–H and O–H groups in total. The molecule has 0 atom stereocenters. The van der Waals surface area contributed by atoms with E-state index in [-0.39, 0.29) is 64.3 Å². The maximum Gasteiger partial charge on any atom is 0.391 e. The van der Waals surface area contributed by atoms with Gasteiger partial charge in [-0.15, -0.1) is 6.42 Å². The Bertz CT molecular complexity index is 1940. The van der Waals surface area contributed by atoms with E-state index in [1.54, 1.807) is 0 Å². The van der Waals surface area contributed by atoms with Gasteiger partial charge in [-0.05, 0) is 68.8 Å². The first-order valence-corrected chi connectivity index (χ1v) is 16.7. The zero-order valence-corrected chi connectivity index (χ0v) is 27.1. The van der Waals surface area contributed by atoms with Crippen LogP contribution in [0.2, 0.25) is 0 Å². The van der Waals surface area contributed by atoms with E-state index in [0.29, 0.717) is 74.5 Å². The molecule has 2 aliphatic heterocycles. The quantitative estimate of drug-likeness (QED) is 0.168. The summed E-state index contributed by atoms with van der Waals surface area (Å²) in [4.78, 5) is 18.2. The van der Waals surface area contributed by atoms with E-state index in [1.807, 2.05) is 11.8 Å². The number of fused-ring (bicyclic) bond motifs is 2. The van der Waals surface area contributed by atoms with Gasteiger partial charge < -0.3 is 25.0 Å². The second-order valence-electron chi connectivity index (χ2n) is 13.4. The first kappa shape index (κ1) is 33.2. The van der Waals surface area contributed by atoms with E-state index < -0.39 is 23.7 Å². The molecular weight excluding hydrogens is 643 g/mol. The van der Waals surface area contributed by atoms with Crippen LogP contribution in [0.15, 0.2) is 24.3 Å². The van der Waals surface area contributed by atoms with E-state index >= 15 is 4.39 Å². The molecule has 258 valence electrons. The van der Waals surface area contributed by atoms with Gasteiger partial charge in [0.25, 0.3) is 0 Å². The number of rotatable bonds is 8. The highest BCUT2D eigenvalue weighted by molar-refractivity contribution is 6.03. The van der Waals surface area contributed by atoms with Crippen LogP contribution in [-0.2, 0) is 6.42 Å². The van der Waals surface area contributed by atoms with Crippen molar-refractivity contribution in [3.8, 4) is 35.4 Å². The highest BCUT2D eigenvalue weighted by Gasteiger charge is 2.47. The van der Waals surface area contributed by atoms with Crippen LogP contribution in [0.3, 0.4) is 0 Å². The molecule has 2 saturated heterocycles. The Morgan fingerprint density at radius 2 is 1.78 bits per heavy atom. The van der Waals surface area contributed by atoms with Gasteiger partial charge in [0.2, 0.25) is 0 Å². The molecular formula is C36H37F5N6O2. The lowest BCUT2D eigenvalue weighted by Crippen LogP contribution is -2.44. The Hall–Kier alpha value is -4.28. The second-order valence-corrected chi connectivity index (χ2v) is 13.4. The molecule has 0 radical (unpaired) electrons. The zero-order chi connectivity index (χ0) is 34.5. The SMILES string of the molecule is C#Cc1c(F)ccc2cc(O)cc(-c3nc(CC)c4c(N5CCNCC5)nc(OCC5(CN6CCC(C(F)(F)F)CC6)CC5)nc4c3F)c12. The first-order chi connectivity index (χ1) is 23.5. The van der Waals surface area contributed by atoms with Crippen LogP contribution in [0.4, 0.5) is 27.8 Å². The number of phenols is 1.